The van der Waals surface area contributed by atoms with Crippen molar-refractivity contribution in [2.24, 2.45) is 0 Å². The first-order chi connectivity index (χ1) is 12.3. The highest BCUT2D eigenvalue weighted by atomic mass is 79.9. The van der Waals surface area contributed by atoms with Gasteiger partial charge in [-0.15, -0.1) is 0 Å². The molecule has 3 aromatic carbocycles. The zero-order chi connectivity index (χ0) is 17.1. The zero-order valence-corrected chi connectivity index (χ0v) is 15.2. The Kier molecular flexibility index (Phi) is 4.49. The van der Waals surface area contributed by atoms with Crippen LogP contribution in [0.25, 0.3) is 22.6 Å². The largest absolute Gasteiger partial charge is 0.314 e. The molecule has 1 heterocycles. The molecule has 0 spiro atoms. The topological polar surface area (TPSA) is 17.8 Å². The van der Waals surface area contributed by atoms with E-state index in [2.05, 4.69) is 69.0 Å². The molecular weight excluding hydrogens is 372 g/mol. The van der Waals surface area contributed by atoms with Crippen molar-refractivity contribution in [1.82, 2.24) is 9.55 Å². The summed E-state index contributed by atoms with van der Waals surface area (Å²) in [5.41, 5.74) is 4.44. The first-order valence-electron chi connectivity index (χ1n) is 8.24. The second-order valence-corrected chi connectivity index (χ2v) is 6.63. The van der Waals surface area contributed by atoms with E-state index in [0.29, 0.717) is 0 Å². The zero-order valence-electron chi connectivity index (χ0n) is 13.6. The van der Waals surface area contributed by atoms with Crippen LogP contribution < -0.4 is 0 Å². The molecule has 0 fully saturated rings. The SMILES string of the molecule is Brc1c(-c2ccccc2)nc(-c2ccccc2)n1Cc1ccccc1. The van der Waals surface area contributed by atoms with Gasteiger partial charge in [0, 0.05) is 11.1 Å². The fourth-order valence-electron chi connectivity index (χ4n) is 2.93. The Morgan fingerprint density at radius 3 is 1.80 bits per heavy atom. The standard InChI is InChI=1S/C22H17BrN2/c23-21-20(18-12-6-2-7-13-18)24-22(19-14-8-3-9-15-19)25(21)16-17-10-4-1-5-11-17/h1-15H,16H2. The molecule has 0 N–H and O–H groups in total. The Morgan fingerprint density at radius 1 is 0.680 bits per heavy atom. The van der Waals surface area contributed by atoms with Crippen LogP contribution in [0.5, 0.6) is 0 Å². The van der Waals surface area contributed by atoms with E-state index in [1.54, 1.807) is 0 Å². The van der Waals surface area contributed by atoms with Gasteiger partial charge in [0.2, 0.25) is 0 Å². The smallest absolute Gasteiger partial charge is 0.141 e. The van der Waals surface area contributed by atoms with Crippen molar-refractivity contribution in [3.05, 3.63) is 101 Å². The number of halogens is 1. The van der Waals surface area contributed by atoms with Crippen molar-refractivity contribution in [3.63, 3.8) is 0 Å². The summed E-state index contributed by atoms with van der Waals surface area (Å²) in [5, 5.41) is 0. The molecule has 0 aliphatic rings. The molecule has 0 atom stereocenters. The van der Waals surface area contributed by atoms with Crippen LogP contribution in [0.4, 0.5) is 0 Å². The van der Waals surface area contributed by atoms with Gasteiger partial charge >= 0.3 is 0 Å². The minimum atomic E-state index is 0.769. The van der Waals surface area contributed by atoms with Crippen LogP contribution in [-0.2, 0) is 6.54 Å². The third-order valence-electron chi connectivity index (χ3n) is 4.17. The Hall–Kier alpha value is -2.65. The lowest BCUT2D eigenvalue weighted by molar-refractivity contribution is 0.790. The summed E-state index contributed by atoms with van der Waals surface area (Å²) >= 11 is 3.79. The highest BCUT2D eigenvalue weighted by Gasteiger charge is 2.17. The minimum absolute atomic E-state index is 0.769. The van der Waals surface area contributed by atoms with E-state index in [1.807, 2.05) is 42.5 Å². The van der Waals surface area contributed by atoms with Crippen LogP contribution in [0.15, 0.2) is 95.6 Å². The minimum Gasteiger partial charge on any atom is -0.314 e. The molecule has 122 valence electrons. The van der Waals surface area contributed by atoms with E-state index < -0.39 is 0 Å². The van der Waals surface area contributed by atoms with E-state index in [1.165, 1.54) is 5.56 Å². The van der Waals surface area contributed by atoms with E-state index in [4.69, 9.17) is 4.98 Å². The molecule has 0 radical (unpaired) electrons. The first-order valence-corrected chi connectivity index (χ1v) is 9.03. The number of hydrogen-bond donors (Lipinski definition) is 0. The highest BCUT2D eigenvalue weighted by Crippen LogP contribution is 2.33. The van der Waals surface area contributed by atoms with Gasteiger partial charge in [0.25, 0.3) is 0 Å². The maximum Gasteiger partial charge on any atom is 0.141 e. The maximum absolute atomic E-state index is 4.96. The van der Waals surface area contributed by atoms with Crippen LogP contribution in [0.3, 0.4) is 0 Å². The Morgan fingerprint density at radius 2 is 1.20 bits per heavy atom. The third kappa shape index (κ3) is 3.28. The normalized spacial score (nSPS) is 10.8. The molecule has 0 amide bonds. The predicted octanol–water partition coefficient (Wildman–Crippen LogP) is 6.03. The number of imidazole rings is 1. The molecule has 0 bridgehead atoms. The fourth-order valence-corrected chi connectivity index (χ4v) is 3.54. The molecule has 0 aliphatic heterocycles. The second kappa shape index (κ2) is 7.08. The molecule has 4 rings (SSSR count). The van der Waals surface area contributed by atoms with Crippen molar-refractivity contribution in [1.29, 1.82) is 0 Å². The summed E-state index contributed by atoms with van der Waals surface area (Å²) in [5.74, 6) is 0.968. The van der Waals surface area contributed by atoms with Crippen LogP contribution in [-0.4, -0.2) is 9.55 Å². The molecule has 0 unspecified atom stereocenters. The van der Waals surface area contributed by atoms with Crippen molar-refractivity contribution in [3.8, 4) is 22.6 Å². The summed E-state index contributed by atoms with van der Waals surface area (Å²) < 4.78 is 3.23. The molecule has 0 saturated carbocycles. The van der Waals surface area contributed by atoms with Crippen molar-refractivity contribution in [2.45, 2.75) is 6.54 Å². The highest BCUT2D eigenvalue weighted by molar-refractivity contribution is 9.10. The maximum atomic E-state index is 4.96. The van der Waals surface area contributed by atoms with Gasteiger partial charge in [0.15, 0.2) is 0 Å². The molecule has 2 nitrogen and oxygen atoms in total. The van der Waals surface area contributed by atoms with Crippen LogP contribution in [0.1, 0.15) is 5.56 Å². The fraction of sp³-hybridized carbons (Fsp3) is 0.0455. The van der Waals surface area contributed by atoms with Gasteiger partial charge in [0.1, 0.15) is 16.1 Å². The Labute approximate surface area is 155 Å². The lowest BCUT2D eigenvalue weighted by Gasteiger charge is -2.10. The average molecular weight is 389 g/mol. The number of rotatable bonds is 4. The van der Waals surface area contributed by atoms with Gasteiger partial charge in [0.05, 0.1) is 6.54 Å². The number of aromatic nitrogens is 2. The second-order valence-electron chi connectivity index (χ2n) is 5.88. The first kappa shape index (κ1) is 15.9. The molecule has 25 heavy (non-hydrogen) atoms. The van der Waals surface area contributed by atoms with Crippen LogP contribution in [0.2, 0.25) is 0 Å². The lowest BCUT2D eigenvalue weighted by Crippen LogP contribution is -2.02. The molecule has 4 aromatic rings. The lowest BCUT2D eigenvalue weighted by atomic mass is 10.2. The Balaban J connectivity index is 1.87. The number of hydrogen-bond acceptors (Lipinski definition) is 1. The predicted molar refractivity (Wildman–Crippen MR) is 106 cm³/mol. The summed E-state index contributed by atoms with van der Waals surface area (Å²) in [4.78, 5) is 4.96. The van der Waals surface area contributed by atoms with E-state index in [0.717, 1.165) is 33.8 Å². The van der Waals surface area contributed by atoms with Crippen LogP contribution in [0, 0.1) is 0 Å². The van der Waals surface area contributed by atoms with E-state index in [-0.39, 0.29) is 0 Å². The molecule has 1 aromatic heterocycles. The monoisotopic (exact) mass is 388 g/mol. The van der Waals surface area contributed by atoms with Gasteiger partial charge in [-0.3, -0.25) is 0 Å². The summed E-state index contributed by atoms with van der Waals surface area (Å²) in [7, 11) is 0. The third-order valence-corrected chi connectivity index (χ3v) is 4.97. The quantitative estimate of drug-likeness (QED) is 0.417. The van der Waals surface area contributed by atoms with E-state index in [9.17, 15) is 0 Å². The molecule has 3 heteroatoms. The number of benzene rings is 3. The van der Waals surface area contributed by atoms with Gasteiger partial charge in [-0.2, -0.15) is 0 Å². The van der Waals surface area contributed by atoms with Gasteiger partial charge < -0.3 is 4.57 Å². The Bertz CT molecular complexity index is 961. The average Bonchev–Trinajstić information content (AvgIpc) is 3.01. The molecule has 0 saturated heterocycles. The summed E-state index contributed by atoms with van der Waals surface area (Å²) in [6, 6.07) is 31.1. The van der Waals surface area contributed by atoms with Crippen LogP contribution >= 0.6 is 15.9 Å². The molecule has 0 aliphatic carbocycles. The van der Waals surface area contributed by atoms with Crippen molar-refractivity contribution >= 4 is 15.9 Å². The number of nitrogens with zero attached hydrogens (tertiary/aromatic N) is 2. The van der Waals surface area contributed by atoms with Crippen molar-refractivity contribution in [2.75, 3.05) is 0 Å². The summed E-state index contributed by atoms with van der Waals surface area (Å²) in [6.45, 7) is 0.769. The van der Waals surface area contributed by atoms with Gasteiger partial charge in [-0.05, 0) is 21.5 Å². The molecular formula is C22H17BrN2. The van der Waals surface area contributed by atoms with Gasteiger partial charge in [-0.25, -0.2) is 4.98 Å². The van der Waals surface area contributed by atoms with E-state index >= 15 is 0 Å². The van der Waals surface area contributed by atoms with Crippen molar-refractivity contribution < 1.29 is 0 Å². The van der Waals surface area contributed by atoms with Gasteiger partial charge in [-0.1, -0.05) is 91.0 Å². The summed E-state index contributed by atoms with van der Waals surface area (Å²) in [6.07, 6.45) is 0.